The van der Waals surface area contributed by atoms with Crippen LogP contribution in [0.5, 0.6) is 0 Å². The number of nitrogens with zero attached hydrogens (tertiary/aromatic N) is 1. The average Bonchev–Trinajstić information content (AvgIpc) is 3.19. The van der Waals surface area contributed by atoms with Crippen LogP contribution in [0.1, 0.15) is 25.7 Å². The third kappa shape index (κ3) is 4.17. The molecule has 1 aliphatic rings. The number of rotatable bonds is 7. The summed E-state index contributed by atoms with van der Waals surface area (Å²) in [4.78, 5) is 15.1. The molecule has 8 heteroatoms. The number of aromatic nitrogens is 1. The highest BCUT2D eigenvalue weighted by Crippen LogP contribution is 2.18. The van der Waals surface area contributed by atoms with Gasteiger partial charge in [0, 0.05) is 25.2 Å². The van der Waals surface area contributed by atoms with Gasteiger partial charge in [0.2, 0.25) is 15.9 Å². The van der Waals surface area contributed by atoms with Gasteiger partial charge in [-0.25, -0.2) is 18.1 Å². The quantitative estimate of drug-likeness (QED) is 0.613. The van der Waals surface area contributed by atoms with Gasteiger partial charge < -0.3 is 11.1 Å². The lowest BCUT2D eigenvalue weighted by Gasteiger charge is -2.08. The molecule has 1 heterocycles. The van der Waals surface area contributed by atoms with E-state index >= 15 is 0 Å². The fourth-order valence-electron chi connectivity index (χ4n) is 1.69. The number of amides is 1. The predicted molar refractivity (Wildman–Crippen MR) is 74.2 cm³/mol. The Kier molecular flexibility index (Phi) is 4.56. The van der Waals surface area contributed by atoms with E-state index in [1.54, 1.807) is 0 Å². The standard InChI is InChI=1S/C12H18N4O3S/c13-12-10(3-1-7-14-12)20(18,19)15-8-2-4-11(17)16-9-5-6-9/h1,3,7,9,15H,2,4-6,8H2,(H2,13,14)(H,16,17). The van der Waals surface area contributed by atoms with Crippen molar-refractivity contribution in [3.63, 3.8) is 0 Å². The zero-order valence-electron chi connectivity index (χ0n) is 11.0. The van der Waals surface area contributed by atoms with Crippen LogP contribution in [0.2, 0.25) is 0 Å². The maximum Gasteiger partial charge on any atom is 0.244 e. The van der Waals surface area contributed by atoms with Crippen LogP contribution < -0.4 is 15.8 Å². The highest BCUT2D eigenvalue weighted by Gasteiger charge is 2.23. The van der Waals surface area contributed by atoms with Gasteiger partial charge in [-0.05, 0) is 31.4 Å². The topological polar surface area (TPSA) is 114 Å². The zero-order chi connectivity index (χ0) is 14.6. The highest BCUT2D eigenvalue weighted by molar-refractivity contribution is 7.89. The van der Waals surface area contributed by atoms with Gasteiger partial charge >= 0.3 is 0 Å². The van der Waals surface area contributed by atoms with Crippen molar-refractivity contribution in [2.24, 2.45) is 0 Å². The molecular formula is C12H18N4O3S. The van der Waals surface area contributed by atoms with Crippen molar-refractivity contribution in [1.82, 2.24) is 15.0 Å². The van der Waals surface area contributed by atoms with E-state index in [1.165, 1.54) is 18.3 Å². The van der Waals surface area contributed by atoms with Gasteiger partial charge in [0.25, 0.3) is 0 Å². The van der Waals surface area contributed by atoms with Crippen LogP contribution in [-0.4, -0.2) is 31.9 Å². The van der Waals surface area contributed by atoms with Crippen molar-refractivity contribution >= 4 is 21.7 Å². The minimum atomic E-state index is -3.67. The molecule has 1 amide bonds. The molecule has 0 bridgehead atoms. The van der Waals surface area contributed by atoms with Crippen molar-refractivity contribution in [2.45, 2.75) is 36.6 Å². The summed E-state index contributed by atoms with van der Waals surface area (Å²) in [6, 6.07) is 3.23. The van der Waals surface area contributed by atoms with Crippen molar-refractivity contribution in [1.29, 1.82) is 0 Å². The number of carbonyl (C=O) groups excluding carboxylic acids is 1. The molecule has 1 fully saturated rings. The summed E-state index contributed by atoms with van der Waals surface area (Å²) < 4.78 is 26.3. The largest absolute Gasteiger partial charge is 0.383 e. The molecule has 20 heavy (non-hydrogen) atoms. The lowest BCUT2D eigenvalue weighted by Crippen LogP contribution is -2.29. The van der Waals surface area contributed by atoms with Gasteiger partial charge in [-0.2, -0.15) is 0 Å². The molecule has 0 aromatic carbocycles. The Labute approximate surface area is 118 Å². The van der Waals surface area contributed by atoms with E-state index in [2.05, 4.69) is 15.0 Å². The van der Waals surface area contributed by atoms with E-state index in [1.807, 2.05) is 0 Å². The van der Waals surface area contributed by atoms with E-state index in [9.17, 15) is 13.2 Å². The molecule has 2 rings (SSSR count). The Balaban J connectivity index is 1.78. The zero-order valence-corrected chi connectivity index (χ0v) is 11.8. The second-order valence-corrected chi connectivity index (χ2v) is 6.47. The SMILES string of the molecule is Nc1ncccc1S(=O)(=O)NCCCC(=O)NC1CC1. The summed E-state index contributed by atoms with van der Waals surface area (Å²) in [5.41, 5.74) is 5.53. The normalized spacial score (nSPS) is 15.0. The number of carbonyl (C=O) groups is 1. The van der Waals surface area contributed by atoms with Crippen LogP contribution >= 0.6 is 0 Å². The molecule has 1 saturated carbocycles. The number of anilines is 1. The highest BCUT2D eigenvalue weighted by atomic mass is 32.2. The molecule has 0 aliphatic heterocycles. The molecule has 7 nitrogen and oxygen atoms in total. The van der Waals surface area contributed by atoms with Crippen LogP contribution in [0, 0.1) is 0 Å². The van der Waals surface area contributed by atoms with Gasteiger partial charge in [0.05, 0.1) is 0 Å². The maximum atomic E-state index is 12.0. The van der Waals surface area contributed by atoms with Gasteiger partial charge in [0.15, 0.2) is 0 Å². The van der Waals surface area contributed by atoms with Crippen LogP contribution in [0.15, 0.2) is 23.2 Å². The van der Waals surface area contributed by atoms with E-state index < -0.39 is 10.0 Å². The summed E-state index contributed by atoms with van der Waals surface area (Å²) in [6.45, 7) is 0.189. The molecule has 1 aromatic rings. The predicted octanol–water partition coefficient (Wildman–Crippen LogP) is 0.000900. The van der Waals surface area contributed by atoms with Crippen LogP contribution in [-0.2, 0) is 14.8 Å². The molecule has 1 aromatic heterocycles. The number of sulfonamides is 1. The summed E-state index contributed by atoms with van der Waals surface area (Å²) >= 11 is 0. The fraction of sp³-hybridized carbons (Fsp3) is 0.500. The van der Waals surface area contributed by atoms with Gasteiger partial charge in [-0.3, -0.25) is 4.79 Å². The number of hydrogen-bond donors (Lipinski definition) is 3. The minimum absolute atomic E-state index is 0.0346. The molecule has 0 radical (unpaired) electrons. The average molecular weight is 298 g/mol. The summed E-state index contributed by atoms with van der Waals surface area (Å²) in [5, 5.41) is 2.85. The Morgan fingerprint density at radius 2 is 2.20 bits per heavy atom. The van der Waals surface area contributed by atoms with Gasteiger partial charge in [-0.1, -0.05) is 0 Å². The fourth-order valence-corrected chi connectivity index (χ4v) is 2.85. The van der Waals surface area contributed by atoms with Crippen molar-refractivity contribution in [2.75, 3.05) is 12.3 Å². The minimum Gasteiger partial charge on any atom is -0.383 e. The smallest absolute Gasteiger partial charge is 0.244 e. The lowest BCUT2D eigenvalue weighted by molar-refractivity contribution is -0.121. The first-order chi connectivity index (χ1) is 9.49. The van der Waals surface area contributed by atoms with Crippen molar-refractivity contribution in [3.05, 3.63) is 18.3 Å². The first-order valence-corrected chi connectivity index (χ1v) is 7.97. The molecule has 110 valence electrons. The van der Waals surface area contributed by atoms with E-state index in [-0.39, 0.29) is 23.2 Å². The third-order valence-electron chi connectivity index (χ3n) is 2.90. The summed E-state index contributed by atoms with van der Waals surface area (Å²) in [7, 11) is -3.67. The number of nitrogens with two attached hydrogens (primary N) is 1. The number of hydrogen-bond acceptors (Lipinski definition) is 5. The molecule has 4 N–H and O–H groups in total. The van der Waals surface area contributed by atoms with Gasteiger partial charge in [0.1, 0.15) is 10.7 Å². The Morgan fingerprint density at radius 3 is 2.85 bits per heavy atom. The first kappa shape index (κ1) is 14.7. The number of nitrogens with one attached hydrogen (secondary N) is 2. The molecule has 1 aliphatic carbocycles. The molecule has 0 atom stereocenters. The maximum absolute atomic E-state index is 12.0. The Hall–Kier alpha value is -1.67. The second kappa shape index (κ2) is 6.19. The van der Waals surface area contributed by atoms with Gasteiger partial charge in [-0.15, -0.1) is 0 Å². The van der Waals surface area contributed by atoms with E-state index in [0.29, 0.717) is 18.9 Å². The Bertz CT molecular complexity index is 584. The first-order valence-electron chi connectivity index (χ1n) is 6.48. The van der Waals surface area contributed by atoms with Crippen molar-refractivity contribution < 1.29 is 13.2 Å². The van der Waals surface area contributed by atoms with Crippen molar-refractivity contribution in [3.8, 4) is 0 Å². The van der Waals surface area contributed by atoms with Crippen LogP contribution in [0.4, 0.5) is 5.82 Å². The molecule has 0 spiro atoms. The lowest BCUT2D eigenvalue weighted by atomic mass is 10.3. The summed E-state index contributed by atoms with van der Waals surface area (Å²) in [5.74, 6) is -0.0703. The monoisotopic (exact) mass is 298 g/mol. The van der Waals surface area contributed by atoms with Crippen LogP contribution in [0.3, 0.4) is 0 Å². The van der Waals surface area contributed by atoms with E-state index in [0.717, 1.165) is 12.8 Å². The third-order valence-corrected chi connectivity index (χ3v) is 4.41. The van der Waals surface area contributed by atoms with Crippen LogP contribution in [0.25, 0.3) is 0 Å². The second-order valence-electron chi connectivity index (χ2n) is 4.73. The number of pyridine rings is 1. The molecule has 0 unspecified atom stereocenters. The Morgan fingerprint density at radius 1 is 1.45 bits per heavy atom. The summed E-state index contributed by atoms with van der Waals surface area (Å²) in [6.07, 6.45) is 4.26. The molecular weight excluding hydrogens is 280 g/mol. The van der Waals surface area contributed by atoms with E-state index in [4.69, 9.17) is 5.73 Å². The number of nitrogen functional groups attached to an aromatic ring is 1. The molecule has 0 saturated heterocycles.